The van der Waals surface area contributed by atoms with Crippen molar-refractivity contribution in [1.29, 1.82) is 0 Å². The van der Waals surface area contributed by atoms with Gasteiger partial charge in [-0.2, -0.15) is 0 Å². The van der Waals surface area contributed by atoms with Crippen molar-refractivity contribution in [2.24, 2.45) is 11.3 Å². The fraction of sp³-hybridized carbons (Fsp3) is 0.370. The third-order valence-electron chi connectivity index (χ3n) is 7.16. The van der Waals surface area contributed by atoms with Crippen LogP contribution in [0.4, 0.5) is 4.79 Å². The maximum atomic E-state index is 13.1. The molecule has 0 saturated carbocycles. The molecule has 2 aliphatic rings. The lowest BCUT2D eigenvalue weighted by molar-refractivity contribution is -0.149. The predicted octanol–water partition coefficient (Wildman–Crippen LogP) is 3.49. The van der Waals surface area contributed by atoms with E-state index in [1.165, 1.54) is 4.90 Å². The molecule has 4 rings (SSSR count). The Morgan fingerprint density at radius 3 is 2.29 bits per heavy atom. The number of benzene rings is 2. The molecule has 2 N–H and O–H groups in total. The number of hydrogen-bond donors (Lipinski definition) is 2. The monoisotopic (exact) mass is 460 g/mol. The lowest BCUT2D eigenvalue weighted by Gasteiger charge is -2.25. The molecule has 7 heteroatoms. The average Bonchev–Trinajstić information content (AvgIpc) is 3.32. The third-order valence-corrected chi connectivity index (χ3v) is 7.16. The van der Waals surface area contributed by atoms with Crippen LogP contribution in [0.25, 0.3) is 11.1 Å². The highest BCUT2D eigenvalue weighted by atomic mass is 16.5. The molecule has 7 nitrogen and oxygen atoms in total. The highest BCUT2D eigenvalue weighted by molar-refractivity contribution is 5.87. The molecule has 2 aromatic carbocycles. The van der Waals surface area contributed by atoms with Crippen molar-refractivity contribution in [3.05, 3.63) is 59.7 Å². The van der Waals surface area contributed by atoms with Crippen LogP contribution in [-0.2, 0) is 14.3 Å². The normalized spacial score (nSPS) is 21.8. The lowest BCUT2D eigenvalue weighted by Crippen LogP contribution is -2.48. The summed E-state index contributed by atoms with van der Waals surface area (Å²) < 4.78 is 5.55. The molecule has 2 aromatic rings. The molecule has 1 fully saturated rings. The number of hydrogen-bond acceptors (Lipinski definition) is 4. The Morgan fingerprint density at radius 2 is 1.76 bits per heavy atom. The van der Waals surface area contributed by atoms with Gasteiger partial charge >= 0.3 is 12.1 Å². The van der Waals surface area contributed by atoms with Gasteiger partial charge in [0.1, 0.15) is 12.6 Å². The highest BCUT2D eigenvalue weighted by Crippen LogP contribution is 2.44. The second-order valence-corrected chi connectivity index (χ2v) is 9.27. The fourth-order valence-electron chi connectivity index (χ4n) is 4.92. The molecule has 3 unspecified atom stereocenters. The van der Waals surface area contributed by atoms with Crippen molar-refractivity contribution in [3.8, 4) is 23.5 Å². The van der Waals surface area contributed by atoms with Crippen molar-refractivity contribution in [2.75, 3.05) is 19.7 Å². The van der Waals surface area contributed by atoms with Crippen molar-refractivity contribution in [1.82, 2.24) is 10.2 Å². The summed E-state index contributed by atoms with van der Waals surface area (Å²) in [5.41, 5.74) is 3.38. The van der Waals surface area contributed by atoms with Crippen LogP contribution in [0.2, 0.25) is 0 Å². The van der Waals surface area contributed by atoms with E-state index < -0.39 is 29.4 Å². The van der Waals surface area contributed by atoms with Gasteiger partial charge < -0.3 is 20.1 Å². The van der Waals surface area contributed by atoms with E-state index in [2.05, 4.69) is 23.4 Å². The number of terminal acetylenes is 1. The molecule has 1 saturated heterocycles. The van der Waals surface area contributed by atoms with Gasteiger partial charge in [-0.1, -0.05) is 55.5 Å². The van der Waals surface area contributed by atoms with Crippen LogP contribution >= 0.6 is 0 Å². The van der Waals surface area contributed by atoms with Gasteiger partial charge in [0, 0.05) is 25.4 Å². The number of alkyl carbamates (subject to hydrolysis) is 1. The van der Waals surface area contributed by atoms with E-state index in [1.807, 2.05) is 36.4 Å². The summed E-state index contributed by atoms with van der Waals surface area (Å²) in [5, 5.41) is 12.2. The van der Waals surface area contributed by atoms with E-state index in [4.69, 9.17) is 11.2 Å². The van der Waals surface area contributed by atoms with Crippen LogP contribution in [0.5, 0.6) is 0 Å². The first-order valence-corrected chi connectivity index (χ1v) is 11.3. The van der Waals surface area contributed by atoms with Crippen molar-refractivity contribution in [3.63, 3.8) is 0 Å². The summed E-state index contributed by atoms with van der Waals surface area (Å²) in [6.07, 6.45) is 4.69. The molecule has 34 heavy (non-hydrogen) atoms. The number of carboxylic acids is 1. The first-order valence-electron chi connectivity index (χ1n) is 11.3. The average molecular weight is 461 g/mol. The van der Waals surface area contributed by atoms with Gasteiger partial charge in [-0.05, 0) is 35.1 Å². The van der Waals surface area contributed by atoms with E-state index >= 15 is 0 Å². The van der Waals surface area contributed by atoms with Crippen LogP contribution in [0.1, 0.15) is 37.3 Å². The number of ether oxygens (including phenoxy) is 1. The fourth-order valence-corrected chi connectivity index (χ4v) is 4.92. The number of carbonyl (C=O) groups excluding carboxylic acids is 2. The van der Waals surface area contributed by atoms with Gasteiger partial charge in [0.25, 0.3) is 0 Å². The molecule has 0 bridgehead atoms. The number of fused-ring (bicyclic) bond motifs is 3. The predicted molar refractivity (Wildman–Crippen MR) is 127 cm³/mol. The molecule has 1 aliphatic heterocycles. The Bertz CT molecular complexity index is 1120. The van der Waals surface area contributed by atoms with Gasteiger partial charge in [0.05, 0.1) is 5.41 Å². The van der Waals surface area contributed by atoms with Crippen molar-refractivity contribution >= 4 is 18.0 Å². The van der Waals surface area contributed by atoms with E-state index in [0.717, 1.165) is 22.3 Å². The number of nitrogens with one attached hydrogen (secondary N) is 1. The molecule has 0 radical (unpaired) electrons. The zero-order valence-electron chi connectivity index (χ0n) is 19.3. The SMILES string of the molecule is C#CCC(NC(=O)OCC1c2ccccc2-c2ccccc21)C(=O)N1CC(C)C(C)(C(=O)O)C1. The number of likely N-dealkylation sites (tertiary alicyclic amines) is 1. The standard InChI is InChI=1S/C27H28N2O5/c1-4-9-23(24(30)29-14-17(2)27(3,16-29)25(31)32)28-26(33)34-15-22-20-12-7-5-10-18(20)19-11-6-8-13-21(19)22/h1,5-8,10-13,17,22-23H,9,14-16H2,2-3H3,(H,28,33)(H,31,32). The first-order chi connectivity index (χ1) is 16.3. The van der Waals surface area contributed by atoms with E-state index in [1.54, 1.807) is 13.8 Å². The molecule has 1 heterocycles. The second kappa shape index (κ2) is 9.22. The summed E-state index contributed by atoms with van der Waals surface area (Å²) in [6, 6.07) is 15.1. The second-order valence-electron chi connectivity index (χ2n) is 9.27. The zero-order chi connectivity index (χ0) is 24.5. The van der Waals surface area contributed by atoms with Gasteiger partial charge in [0.2, 0.25) is 5.91 Å². The van der Waals surface area contributed by atoms with Gasteiger partial charge in [0.15, 0.2) is 0 Å². The molecule has 3 atom stereocenters. The minimum atomic E-state index is -1.04. The molecule has 0 aromatic heterocycles. The quantitative estimate of drug-likeness (QED) is 0.644. The maximum absolute atomic E-state index is 13.1. The van der Waals surface area contributed by atoms with E-state index in [-0.39, 0.29) is 38.0 Å². The number of carboxylic acid groups (broad SMARTS) is 1. The van der Waals surface area contributed by atoms with E-state index in [0.29, 0.717) is 0 Å². The third kappa shape index (κ3) is 4.12. The zero-order valence-corrected chi connectivity index (χ0v) is 19.3. The first kappa shape index (κ1) is 23.4. The molecule has 176 valence electrons. The Labute approximate surface area is 199 Å². The van der Waals surface area contributed by atoms with Crippen LogP contribution in [0.15, 0.2) is 48.5 Å². The Balaban J connectivity index is 1.42. The molecular formula is C27H28N2O5. The lowest BCUT2D eigenvalue weighted by atomic mass is 9.81. The summed E-state index contributed by atoms with van der Waals surface area (Å²) >= 11 is 0. The van der Waals surface area contributed by atoms with Crippen LogP contribution in [0, 0.1) is 23.7 Å². The Kier molecular flexibility index (Phi) is 6.34. The van der Waals surface area contributed by atoms with Gasteiger partial charge in [-0.15, -0.1) is 12.3 Å². The number of carbonyl (C=O) groups is 3. The van der Waals surface area contributed by atoms with Crippen LogP contribution in [0.3, 0.4) is 0 Å². The van der Waals surface area contributed by atoms with Crippen LogP contribution < -0.4 is 5.32 Å². The summed E-state index contributed by atoms with van der Waals surface area (Å²) in [7, 11) is 0. The summed E-state index contributed by atoms with van der Waals surface area (Å²) in [4.78, 5) is 38.9. The minimum absolute atomic E-state index is 0.0162. The number of aliphatic carboxylic acids is 1. The Hall–Kier alpha value is -3.79. The topological polar surface area (TPSA) is 95.9 Å². The van der Waals surface area contributed by atoms with Gasteiger partial charge in [-0.25, -0.2) is 4.79 Å². The van der Waals surface area contributed by atoms with Crippen molar-refractivity contribution in [2.45, 2.75) is 32.2 Å². The van der Waals surface area contributed by atoms with Crippen LogP contribution in [-0.4, -0.2) is 53.7 Å². The minimum Gasteiger partial charge on any atom is -0.481 e. The maximum Gasteiger partial charge on any atom is 0.407 e. The Morgan fingerprint density at radius 1 is 1.18 bits per heavy atom. The highest BCUT2D eigenvalue weighted by Gasteiger charge is 2.48. The summed E-state index contributed by atoms with van der Waals surface area (Å²) in [6.45, 7) is 3.90. The largest absolute Gasteiger partial charge is 0.481 e. The number of amides is 2. The molecule has 1 aliphatic carbocycles. The van der Waals surface area contributed by atoms with E-state index in [9.17, 15) is 19.5 Å². The number of nitrogens with zero attached hydrogens (tertiary/aromatic N) is 1. The summed E-state index contributed by atoms with van der Waals surface area (Å²) in [5.74, 6) is 0.743. The molecule has 0 spiro atoms. The smallest absolute Gasteiger partial charge is 0.407 e. The van der Waals surface area contributed by atoms with Gasteiger partial charge in [-0.3, -0.25) is 9.59 Å². The van der Waals surface area contributed by atoms with Crippen molar-refractivity contribution < 1.29 is 24.2 Å². The number of rotatable bonds is 6. The molecular weight excluding hydrogens is 432 g/mol. The molecule has 2 amide bonds.